The van der Waals surface area contributed by atoms with Crippen molar-refractivity contribution in [2.75, 3.05) is 13.1 Å². The Labute approximate surface area is 136 Å². The molecule has 0 aromatic carbocycles. The minimum absolute atomic E-state index is 0.520. The number of rotatable bonds is 6. The Morgan fingerprint density at radius 1 is 1.22 bits per heavy atom. The molecule has 4 rings (SSSR count). The van der Waals surface area contributed by atoms with Gasteiger partial charge in [-0.05, 0) is 49.9 Å². The van der Waals surface area contributed by atoms with Gasteiger partial charge in [-0.3, -0.25) is 9.88 Å². The SMILES string of the molecule is c1cc(CNC2CCCN(Cc3noc(C4CC4)n3)C2)ccn1. The molecular weight excluding hydrogens is 290 g/mol. The van der Waals surface area contributed by atoms with Crippen molar-refractivity contribution < 1.29 is 4.52 Å². The molecule has 0 amide bonds. The van der Waals surface area contributed by atoms with Crippen LogP contribution in [0.25, 0.3) is 0 Å². The first-order chi connectivity index (χ1) is 11.4. The number of nitrogens with zero attached hydrogens (tertiary/aromatic N) is 4. The molecule has 1 N–H and O–H groups in total. The number of aromatic nitrogens is 3. The highest BCUT2D eigenvalue weighted by Crippen LogP contribution is 2.38. The lowest BCUT2D eigenvalue weighted by atomic mass is 10.1. The number of hydrogen-bond donors (Lipinski definition) is 1. The quantitative estimate of drug-likeness (QED) is 0.881. The van der Waals surface area contributed by atoms with E-state index < -0.39 is 0 Å². The Balaban J connectivity index is 1.28. The summed E-state index contributed by atoms with van der Waals surface area (Å²) in [7, 11) is 0. The molecule has 0 bridgehead atoms. The van der Waals surface area contributed by atoms with E-state index in [1.165, 1.54) is 31.2 Å². The Morgan fingerprint density at radius 2 is 2.09 bits per heavy atom. The Morgan fingerprint density at radius 3 is 2.91 bits per heavy atom. The number of piperidine rings is 1. The molecule has 1 aliphatic carbocycles. The van der Waals surface area contributed by atoms with Crippen LogP contribution in [0.15, 0.2) is 29.0 Å². The first kappa shape index (κ1) is 14.8. The van der Waals surface area contributed by atoms with Crippen LogP contribution in [0.4, 0.5) is 0 Å². The average Bonchev–Trinajstić information content (AvgIpc) is 3.34. The number of nitrogens with one attached hydrogen (secondary N) is 1. The van der Waals surface area contributed by atoms with Crippen LogP contribution in [0.1, 0.15) is 48.9 Å². The molecule has 2 fully saturated rings. The fourth-order valence-corrected chi connectivity index (χ4v) is 3.16. The van der Waals surface area contributed by atoms with Crippen molar-refractivity contribution in [1.29, 1.82) is 0 Å². The van der Waals surface area contributed by atoms with Crippen molar-refractivity contribution >= 4 is 0 Å². The molecule has 1 unspecified atom stereocenters. The first-order valence-corrected chi connectivity index (χ1v) is 8.54. The molecule has 1 aliphatic heterocycles. The minimum atomic E-state index is 0.520. The Hall–Kier alpha value is -1.79. The summed E-state index contributed by atoms with van der Waals surface area (Å²) < 4.78 is 5.35. The van der Waals surface area contributed by atoms with E-state index in [0.717, 1.165) is 37.9 Å². The van der Waals surface area contributed by atoms with E-state index in [-0.39, 0.29) is 0 Å². The summed E-state index contributed by atoms with van der Waals surface area (Å²) in [6, 6.07) is 4.64. The third-order valence-electron chi connectivity index (χ3n) is 4.63. The van der Waals surface area contributed by atoms with Gasteiger partial charge in [0.15, 0.2) is 5.82 Å². The van der Waals surface area contributed by atoms with Crippen LogP contribution in [0.2, 0.25) is 0 Å². The van der Waals surface area contributed by atoms with Gasteiger partial charge in [0.25, 0.3) is 0 Å². The van der Waals surface area contributed by atoms with Crippen LogP contribution in [0.3, 0.4) is 0 Å². The van der Waals surface area contributed by atoms with Crippen molar-refractivity contribution in [3.63, 3.8) is 0 Å². The lowest BCUT2D eigenvalue weighted by Crippen LogP contribution is -2.45. The Bertz CT molecular complexity index is 625. The van der Waals surface area contributed by atoms with Crippen molar-refractivity contribution in [2.24, 2.45) is 0 Å². The second-order valence-corrected chi connectivity index (χ2v) is 6.63. The van der Waals surface area contributed by atoms with E-state index in [1.807, 2.05) is 12.4 Å². The highest BCUT2D eigenvalue weighted by molar-refractivity contribution is 5.09. The molecule has 1 saturated heterocycles. The van der Waals surface area contributed by atoms with Gasteiger partial charge in [0, 0.05) is 37.4 Å². The van der Waals surface area contributed by atoms with Gasteiger partial charge in [0.2, 0.25) is 5.89 Å². The second kappa shape index (κ2) is 6.76. The molecule has 2 aliphatic rings. The zero-order valence-electron chi connectivity index (χ0n) is 13.3. The van der Waals surface area contributed by atoms with Crippen molar-refractivity contribution in [2.45, 2.75) is 50.7 Å². The summed E-state index contributed by atoms with van der Waals surface area (Å²) in [5, 5.41) is 7.79. The van der Waals surface area contributed by atoms with Crippen molar-refractivity contribution in [3.05, 3.63) is 41.8 Å². The third kappa shape index (κ3) is 3.95. The lowest BCUT2D eigenvalue weighted by molar-refractivity contribution is 0.177. The second-order valence-electron chi connectivity index (χ2n) is 6.63. The zero-order valence-corrected chi connectivity index (χ0v) is 13.3. The normalized spacial score (nSPS) is 22.3. The molecule has 2 aromatic heterocycles. The van der Waals surface area contributed by atoms with Crippen LogP contribution in [0, 0.1) is 0 Å². The molecular formula is C17H23N5O. The van der Waals surface area contributed by atoms with Crippen LogP contribution in [-0.4, -0.2) is 39.2 Å². The van der Waals surface area contributed by atoms with E-state index in [4.69, 9.17) is 4.52 Å². The van der Waals surface area contributed by atoms with Gasteiger partial charge in [-0.25, -0.2) is 0 Å². The largest absolute Gasteiger partial charge is 0.339 e. The molecule has 0 spiro atoms. The molecule has 122 valence electrons. The summed E-state index contributed by atoms with van der Waals surface area (Å²) in [5.74, 6) is 2.21. The van der Waals surface area contributed by atoms with Crippen LogP contribution < -0.4 is 5.32 Å². The maximum absolute atomic E-state index is 5.35. The van der Waals surface area contributed by atoms with E-state index in [9.17, 15) is 0 Å². The van der Waals surface area contributed by atoms with E-state index in [2.05, 4.69) is 37.5 Å². The summed E-state index contributed by atoms with van der Waals surface area (Å²) >= 11 is 0. The fraction of sp³-hybridized carbons (Fsp3) is 0.588. The number of likely N-dealkylation sites (tertiary alicyclic amines) is 1. The fourth-order valence-electron chi connectivity index (χ4n) is 3.16. The van der Waals surface area contributed by atoms with Gasteiger partial charge < -0.3 is 9.84 Å². The molecule has 6 nitrogen and oxygen atoms in total. The highest BCUT2D eigenvalue weighted by atomic mass is 16.5. The van der Waals surface area contributed by atoms with Gasteiger partial charge in [-0.1, -0.05) is 5.16 Å². The van der Waals surface area contributed by atoms with E-state index in [0.29, 0.717) is 12.0 Å². The molecule has 1 saturated carbocycles. The molecule has 1 atom stereocenters. The van der Waals surface area contributed by atoms with E-state index in [1.54, 1.807) is 0 Å². The van der Waals surface area contributed by atoms with E-state index >= 15 is 0 Å². The minimum Gasteiger partial charge on any atom is -0.339 e. The average molecular weight is 313 g/mol. The predicted octanol–water partition coefficient (Wildman–Crippen LogP) is 2.10. The summed E-state index contributed by atoms with van der Waals surface area (Å²) in [4.78, 5) is 11.0. The van der Waals surface area contributed by atoms with Crippen molar-refractivity contribution in [1.82, 2.24) is 25.3 Å². The monoisotopic (exact) mass is 313 g/mol. The third-order valence-corrected chi connectivity index (χ3v) is 4.63. The van der Waals surface area contributed by atoms with Crippen LogP contribution >= 0.6 is 0 Å². The van der Waals surface area contributed by atoms with Gasteiger partial charge >= 0.3 is 0 Å². The van der Waals surface area contributed by atoms with Gasteiger partial charge in [-0.15, -0.1) is 0 Å². The topological polar surface area (TPSA) is 67.1 Å². The first-order valence-electron chi connectivity index (χ1n) is 8.54. The predicted molar refractivity (Wildman–Crippen MR) is 85.6 cm³/mol. The maximum atomic E-state index is 5.35. The van der Waals surface area contributed by atoms with Gasteiger partial charge in [-0.2, -0.15) is 4.98 Å². The molecule has 3 heterocycles. The van der Waals surface area contributed by atoms with Crippen LogP contribution in [-0.2, 0) is 13.1 Å². The summed E-state index contributed by atoms with van der Waals surface area (Å²) in [5.41, 5.74) is 1.28. The summed E-state index contributed by atoms with van der Waals surface area (Å²) in [6.45, 7) is 3.85. The molecule has 23 heavy (non-hydrogen) atoms. The number of pyridine rings is 1. The standard InChI is InChI=1S/C17H23N5O/c1-2-15(19-10-13-5-7-18-8-6-13)11-22(9-1)12-16-20-17(23-21-16)14-3-4-14/h5-8,14-15,19H,1-4,9-12H2. The summed E-state index contributed by atoms with van der Waals surface area (Å²) in [6.07, 6.45) is 8.52. The Kier molecular flexibility index (Phi) is 4.35. The maximum Gasteiger partial charge on any atom is 0.229 e. The molecule has 6 heteroatoms. The number of hydrogen-bond acceptors (Lipinski definition) is 6. The van der Waals surface area contributed by atoms with Crippen LogP contribution in [0.5, 0.6) is 0 Å². The zero-order chi connectivity index (χ0) is 15.5. The van der Waals surface area contributed by atoms with Gasteiger partial charge in [0.05, 0.1) is 6.54 Å². The smallest absolute Gasteiger partial charge is 0.229 e. The van der Waals surface area contributed by atoms with Gasteiger partial charge in [0.1, 0.15) is 0 Å². The highest BCUT2D eigenvalue weighted by Gasteiger charge is 2.30. The lowest BCUT2D eigenvalue weighted by Gasteiger charge is -2.32. The molecule has 0 radical (unpaired) electrons. The molecule has 2 aromatic rings. The van der Waals surface area contributed by atoms with Crippen molar-refractivity contribution in [3.8, 4) is 0 Å².